The van der Waals surface area contributed by atoms with Crippen molar-refractivity contribution < 1.29 is 4.79 Å². The molecule has 0 radical (unpaired) electrons. The van der Waals surface area contributed by atoms with Crippen molar-refractivity contribution in [2.24, 2.45) is 0 Å². The minimum Gasteiger partial charge on any atom is -0.289 e. The summed E-state index contributed by atoms with van der Waals surface area (Å²) in [5, 5.41) is 3.22. The lowest BCUT2D eigenvalue weighted by atomic mass is 10.1. The first-order valence-electron chi connectivity index (χ1n) is 5.30. The molecule has 4 heteroatoms. The maximum atomic E-state index is 11.8. The zero-order valence-electron chi connectivity index (χ0n) is 9.42. The Bertz CT molecular complexity index is 552. The number of thioether (sulfide) groups is 1. The van der Waals surface area contributed by atoms with Crippen LogP contribution in [0.2, 0.25) is 5.02 Å². The molecule has 18 heavy (non-hydrogen) atoms. The van der Waals surface area contributed by atoms with Gasteiger partial charge in [-0.3, -0.25) is 4.79 Å². The van der Waals surface area contributed by atoms with E-state index in [9.17, 15) is 4.79 Å². The molecule has 0 unspecified atom stereocenters. The fourth-order valence-corrected chi connectivity index (χ4v) is 2.03. The molecular weight excluding hydrogens is 266 g/mol. The number of halogens is 1. The summed E-state index contributed by atoms with van der Waals surface area (Å²) in [6.07, 6.45) is 3.25. The predicted molar refractivity (Wildman–Crippen MR) is 75.0 cm³/mol. The van der Waals surface area contributed by atoms with E-state index in [1.807, 2.05) is 18.2 Å². The Morgan fingerprint density at radius 3 is 2.61 bits per heavy atom. The van der Waals surface area contributed by atoms with Gasteiger partial charge in [0.25, 0.3) is 0 Å². The summed E-state index contributed by atoms with van der Waals surface area (Å²) < 4.78 is 0. The molecule has 0 aliphatic heterocycles. The molecule has 90 valence electrons. The standard InChI is InChI=1S/C14H10ClNOS/c15-12-6-4-11(5-7-12)13(17)8-10-18-14-3-1-2-9-16-14/h1-10H. The second-order valence-corrected chi connectivity index (χ2v) is 4.82. The quantitative estimate of drug-likeness (QED) is 0.475. The van der Waals surface area contributed by atoms with E-state index in [0.29, 0.717) is 10.6 Å². The predicted octanol–water partition coefficient (Wildman–Crippen LogP) is 4.22. The van der Waals surface area contributed by atoms with Gasteiger partial charge in [-0.15, -0.1) is 0 Å². The lowest BCUT2D eigenvalue weighted by molar-refractivity contribution is 0.104. The number of aromatic nitrogens is 1. The molecule has 0 saturated heterocycles. The number of carbonyl (C=O) groups excluding carboxylic acids is 1. The van der Waals surface area contributed by atoms with Crippen molar-refractivity contribution in [2.75, 3.05) is 0 Å². The first-order valence-corrected chi connectivity index (χ1v) is 6.55. The van der Waals surface area contributed by atoms with E-state index in [-0.39, 0.29) is 5.78 Å². The van der Waals surface area contributed by atoms with Crippen molar-refractivity contribution in [2.45, 2.75) is 5.03 Å². The molecule has 2 aromatic rings. The first-order chi connectivity index (χ1) is 8.75. The Labute approximate surface area is 115 Å². The third-order valence-corrected chi connectivity index (χ3v) is 3.18. The Kier molecular flexibility index (Phi) is 4.56. The van der Waals surface area contributed by atoms with Gasteiger partial charge in [-0.05, 0) is 47.9 Å². The highest BCUT2D eigenvalue weighted by molar-refractivity contribution is 8.02. The summed E-state index contributed by atoms with van der Waals surface area (Å²) in [7, 11) is 0. The van der Waals surface area contributed by atoms with Gasteiger partial charge >= 0.3 is 0 Å². The summed E-state index contributed by atoms with van der Waals surface area (Å²) in [6, 6.07) is 12.5. The van der Waals surface area contributed by atoms with Gasteiger partial charge in [0.05, 0.1) is 0 Å². The average Bonchev–Trinajstić information content (AvgIpc) is 2.40. The topological polar surface area (TPSA) is 30.0 Å². The van der Waals surface area contributed by atoms with Crippen LogP contribution in [0.25, 0.3) is 0 Å². The molecule has 0 atom stereocenters. The van der Waals surface area contributed by atoms with Crippen LogP contribution in [-0.4, -0.2) is 10.8 Å². The van der Waals surface area contributed by atoms with E-state index >= 15 is 0 Å². The molecule has 0 fully saturated rings. The number of allylic oxidation sites excluding steroid dienone is 1. The fraction of sp³-hybridized carbons (Fsp3) is 0. The van der Waals surface area contributed by atoms with Crippen LogP contribution in [0.5, 0.6) is 0 Å². The van der Waals surface area contributed by atoms with Gasteiger partial charge in [0.2, 0.25) is 0 Å². The molecule has 1 heterocycles. The smallest absolute Gasteiger partial charge is 0.186 e. The Morgan fingerprint density at radius 2 is 1.94 bits per heavy atom. The van der Waals surface area contributed by atoms with Gasteiger partial charge in [0, 0.05) is 16.8 Å². The lowest BCUT2D eigenvalue weighted by Gasteiger charge is -1.96. The number of rotatable bonds is 4. The molecule has 1 aromatic carbocycles. The number of hydrogen-bond acceptors (Lipinski definition) is 3. The Morgan fingerprint density at radius 1 is 1.17 bits per heavy atom. The molecule has 2 nitrogen and oxygen atoms in total. The maximum absolute atomic E-state index is 11.8. The monoisotopic (exact) mass is 275 g/mol. The van der Waals surface area contributed by atoms with Gasteiger partial charge < -0.3 is 0 Å². The molecule has 0 aliphatic rings. The number of nitrogens with zero attached hydrogens (tertiary/aromatic N) is 1. The van der Waals surface area contributed by atoms with E-state index in [2.05, 4.69) is 4.98 Å². The van der Waals surface area contributed by atoms with Crippen LogP contribution in [0.15, 0.2) is 65.2 Å². The van der Waals surface area contributed by atoms with Gasteiger partial charge in [-0.25, -0.2) is 4.98 Å². The molecule has 0 N–H and O–H groups in total. The van der Waals surface area contributed by atoms with Crippen LogP contribution >= 0.6 is 23.4 Å². The highest BCUT2D eigenvalue weighted by Crippen LogP contribution is 2.16. The van der Waals surface area contributed by atoms with Gasteiger partial charge in [-0.2, -0.15) is 0 Å². The number of benzene rings is 1. The van der Waals surface area contributed by atoms with E-state index < -0.39 is 0 Å². The molecule has 0 spiro atoms. The molecular formula is C14H10ClNOS. The molecule has 1 aromatic heterocycles. The average molecular weight is 276 g/mol. The molecule has 0 aliphatic carbocycles. The third-order valence-electron chi connectivity index (χ3n) is 2.17. The molecule has 0 saturated carbocycles. The second-order valence-electron chi connectivity index (χ2n) is 3.46. The molecule has 0 amide bonds. The van der Waals surface area contributed by atoms with Crippen molar-refractivity contribution in [3.63, 3.8) is 0 Å². The largest absolute Gasteiger partial charge is 0.289 e. The number of ketones is 1. The highest BCUT2D eigenvalue weighted by atomic mass is 35.5. The van der Waals surface area contributed by atoms with Crippen LogP contribution in [0, 0.1) is 0 Å². The van der Waals surface area contributed by atoms with Crippen molar-refractivity contribution in [1.29, 1.82) is 0 Å². The fourth-order valence-electron chi connectivity index (χ4n) is 1.29. The molecule has 0 bridgehead atoms. The zero-order chi connectivity index (χ0) is 12.8. The zero-order valence-corrected chi connectivity index (χ0v) is 11.0. The summed E-state index contributed by atoms with van der Waals surface area (Å²) in [4.78, 5) is 15.9. The van der Waals surface area contributed by atoms with Crippen LogP contribution in [0.1, 0.15) is 10.4 Å². The first kappa shape index (κ1) is 12.9. The van der Waals surface area contributed by atoms with Gasteiger partial charge in [0.1, 0.15) is 5.03 Å². The van der Waals surface area contributed by atoms with Crippen molar-refractivity contribution in [1.82, 2.24) is 4.98 Å². The van der Waals surface area contributed by atoms with Crippen molar-refractivity contribution >= 4 is 29.1 Å². The lowest BCUT2D eigenvalue weighted by Crippen LogP contribution is -1.92. The normalized spacial score (nSPS) is 10.7. The van der Waals surface area contributed by atoms with Crippen LogP contribution in [0.3, 0.4) is 0 Å². The summed E-state index contributed by atoms with van der Waals surface area (Å²) >= 11 is 7.17. The van der Waals surface area contributed by atoms with E-state index in [0.717, 1.165) is 5.03 Å². The van der Waals surface area contributed by atoms with Gasteiger partial charge in [-0.1, -0.05) is 29.4 Å². The Hall–Kier alpha value is -1.58. The third kappa shape index (κ3) is 3.72. The molecule has 2 rings (SSSR count). The van der Waals surface area contributed by atoms with E-state index in [1.54, 1.807) is 35.9 Å². The number of hydrogen-bond donors (Lipinski definition) is 0. The van der Waals surface area contributed by atoms with E-state index in [4.69, 9.17) is 11.6 Å². The van der Waals surface area contributed by atoms with Crippen LogP contribution in [-0.2, 0) is 0 Å². The van der Waals surface area contributed by atoms with E-state index in [1.165, 1.54) is 17.8 Å². The number of pyridine rings is 1. The summed E-state index contributed by atoms with van der Waals surface area (Å²) in [5.74, 6) is -0.0462. The number of carbonyl (C=O) groups is 1. The minimum atomic E-state index is -0.0462. The summed E-state index contributed by atoms with van der Waals surface area (Å²) in [5.41, 5.74) is 0.622. The summed E-state index contributed by atoms with van der Waals surface area (Å²) in [6.45, 7) is 0. The van der Waals surface area contributed by atoms with Crippen LogP contribution in [0.4, 0.5) is 0 Å². The maximum Gasteiger partial charge on any atom is 0.186 e. The van der Waals surface area contributed by atoms with Crippen molar-refractivity contribution in [3.05, 3.63) is 70.7 Å². The van der Waals surface area contributed by atoms with Gasteiger partial charge in [0.15, 0.2) is 5.78 Å². The van der Waals surface area contributed by atoms with Crippen molar-refractivity contribution in [3.8, 4) is 0 Å². The highest BCUT2D eigenvalue weighted by Gasteiger charge is 2.00. The Balaban J connectivity index is 1.97. The minimum absolute atomic E-state index is 0.0462. The SMILES string of the molecule is O=C(C=CSc1ccccn1)c1ccc(Cl)cc1. The second kappa shape index (κ2) is 6.38. The van der Waals surface area contributed by atoms with Crippen LogP contribution < -0.4 is 0 Å².